The number of hydrogen-bond acceptors (Lipinski definition) is 3. The average Bonchev–Trinajstić information content (AvgIpc) is 2.79. The molecule has 2 N–H and O–H groups in total. The molecule has 6 heteroatoms. The normalized spacial score (nSPS) is 10.8. The summed E-state index contributed by atoms with van der Waals surface area (Å²) in [5, 5.41) is 2.78. The van der Waals surface area contributed by atoms with Gasteiger partial charge in [0.1, 0.15) is 11.5 Å². The van der Waals surface area contributed by atoms with Crippen molar-refractivity contribution in [2.45, 2.75) is 13.5 Å². The Morgan fingerprint density at radius 2 is 2.14 bits per heavy atom. The number of aromatic nitrogens is 3. The molecule has 0 aliphatic heterocycles. The Bertz CT molecular complexity index is 908. The summed E-state index contributed by atoms with van der Waals surface area (Å²) in [5.41, 5.74) is 2.87. The number of aromatic amines is 1. The van der Waals surface area contributed by atoms with Crippen molar-refractivity contribution in [2.24, 2.45) is 7.05 Å². The van der Waals surface area contributed by atoms with Gasteiger partial charge in [-0.2, -0.15) is 0 Å². The van der Waals surface area contributed by atoms with Crippen LogP contribution in [0, 0.1) is 6.92 Å². The topological polar surface area (TPSA) is 79.8 Å². The van der Waals surface area contributed by atoms with E-state index in [9.17, 15) is 9.59 Å². The van der Waals surface area contributed by atoms with Crippen LogP contribution in [0.25, 0.3) is 11.0 Å². The van der Waals surface area contributed by atoms with E-state index in [0.29, 0.717) is 6.54 Å². The first-order valence-corrected chi connectivity index (χ1v) is 6.94. The van der Waals surface area contributed by atoms with E-state index in [-0.39, 0.29) is 17.2 Å². The molecule has 0 spiro atoms. The molecule has 22 heavy (non-hydrogen) atoms. The number of carbonyl (C=O) groups is 1. The molecule has 0 radical (unpaired) electrons. The predicted octanol–water partition coefficient (Wildman–Crippen LogP) is 1.50. The Labute approximate surface area is 126 Å². The number of benzene rings is 1. The van der Waals surface area contributed by atoms with Crippen LogP contribution >= 0.6 is 0 Å². The van der Waals surface area contributed by atoms with E-state index in [1.54, 1.807) is 12.1 Å². The molecule has 6 nitrogen and oxygen atoms in total. The van der Waals surface area contributed by atoms with Gasteiger partial charge in [0.25, 0.3) is 5.91 Å². The molecular weight excluding hydrogens is 280 g/mol. The maximum atomic E-state index is 12.0. The van der Waals surface area contributed by atoms with Gasteiger partial charge in [-0.15, -0.1) is 0 Å². The Morgan fingerprint density at radius 3 is 2.91 bits per heavy atom. The molecule has 0 bridgehead atoms. The fraction of sp³-hybridized carbons (Fsp3) is 0.188. The second kappa shape index (κ2) is 5.48. The molecule has 3 aromatic rings. The summed E-state index contributed by atoms with van der Waals surface area (Å²) in [6, 6.07) is 10.4. The van der Waals surface area contributed by atoms with Crippen LogP contribution in [0.5, 0.6) is 0 Å². The molecule has 0 saturated heterocycles. The third-order valence-corrected chi connectivity index (χ3v) is 3.63. The maximum absolute atomic E-state index is 12.0. The maximum Gasteiger partial charge on any atom is 0.268 e. The van der Waals surface area contributed by atoms with E-state index >= 15 is 0 Å². The number of hydrogen-bond donors (Lipinski definition) is 2. The molecule has 2 aromatic heterocycles. The van der Waals surface area contributed by atoms with Gasteiger partial charge in [0, 0.05) is 19.7 Å². The van der Waals surface area contributed by atoms with Crippen molar-refractivity contribution in [3.8, 4) is 0 Å². The number of fused-ring (bicyclic) bond motifs is 1. The molecule has 0 aliphatic rings. The lowest BCUT2D eigenvalue weighted by Crippen LogP contribution is -2.25. The number of pyridine rings is 1. The minimum atomic E-state index is -0.310. The Hall–Kier alpha value is -2.89. The standard InChI is InChI=1S/C16H16N4O2/c1-10-18-13-8-11(6-7-14(13)20(10)2)9-17-16(22)12-4-3-5-15(21)19-12/h3-8H,9H2,1-2H3,(H,17,22)(H,19,21). The van der Waals surface area contributed by atoms with E-state index in [0.717, 1.165) is 22.4 Å². The Balaban J connectivity index is 1.76. The zero-order chi connectivity index (χ0) is 15.7. The molecule has 3 rings (SSSR count). The summed E-state index contributed by atoms with van der Waals surface area (Å²) in [6.45, 7) is 2.33. The zero-order valence-electron chi connectivity index (χ0n) is 12.4. The van der Waals surface area contributed by atoms with Crippen molar-refractivity contribution in [3.05, 3.63) is 63.8 Å². The lowest BCUT2D eigenvalue weighted by atomic mass is 10.2. The van der Waals surface area contributed by atoms with Crippen LogP contribution < -0.4 is 10.9 Å². The summed E-state index contributed by atoms with van der Waals surface area (Å²) in [7, 11) is 1.97. The van der Waals surface area contributed by atoms with Gasteiger partial charge in [0.05, 0.1) is 11.0 Å². The fourth-order valence-electron chi connectivity index (χ4n) is 2.33. The van der Waals surface area contributed by atoms with E-state index in [4.69, 9.17) is 0 Å². The quantitative estimate of drug-likeness (QED) is 0.768. The number of nitrogens with zero attached hydrogens (tertiary/aromatic N) is 2. The predicted molar refractivity (Wildman–Crippen MR) is 83.7 cm³/mol. The molecule has 0 aliphatic carbocycles. The Kier molecular flexibility index (Phi) is 3.50. The molecule has 0 saturated carbocycles. The highest BCUT2D eigenvalue weighted by Crippen LogP contribution is 2.16. The number of imidazole rings is 1. The average molecular weight is 296 g/mol. The summed E-state index contributed by atoms with van der Waals surface area (Å²) in [6.07, 6.45) is 0. The van der Waals surface area contributed by atoms with E-state index in [1.165, 1.54) is 6.07 Å². The lowest BCUT2D eigenvalue weighted by Gasteiger charge is -2.05. The highest BCUT2D eigenvalue weighted by Gasteiger charge is 2.08. The van der Waals surface area contributed by atoms with Gasteiger partial charge >= 0.3 is 0 Å². The Morgan fingerprint density at radius 1 is 1.32 bits per heavy atom. The fourth-order valence-corrected chi connectivity index (χ4v) is 2.33. The zero-order valence-corrected chi connectivity index (χ0v) is 12.4. The van der Waals surface area contributed by atoms with E-state index < -0.39 is 0 Å². The number of H-pyrrole nitrogens is 1. The van der Waals surface area contributed by atoms with Crippen molar-refractivity contribution >= 4 is 16.9 Å². The summed E-state index contributed by atoms with van der Waals surface area (Å²) < 4.78 is 2.02. The van der Waals surface area contributed by atoms with Crippen LogP contribution in [0.1, 0.15) is 21.9 Å². The van der Waals surface area contributed by atoms with Gasteiger partial charge < -0.3 is 14.9 Å². The molecule has 1 amide bonds. The first-order valence-electron chi connectivity index (χ1n) is 6.94. The molecule has 0 fully saturated rings. The van der Waals surface area contributed by atoms with Gasteiger partial charge in [-0.1, -0.05) is 12.1 Å². The van der Waals surface area contributed by atoms with Crippen molar-refractivity contribution in [1.29, 1.82) is 0 Å². The molecule has 0 atom stereocenters. The molecular formula is C16H16N4O2. The van der Waals surface area contributed by atoms with Crippen LogP contribution in [0.4, 0.5) is 0 Å². The van der Waals surface area contributed by atoms with Crippen molar-refractivity contribution in [3.63, 3.8) is 0 Å². The van der Waals surface area contributed by atoms with Gasteiger partial charge in [-0.05, 0) is 30.7 Å². The number of aryl methyl sites for hydroxylation is 2. The van der Waals surface area contributed by atoms with Crippen molar-refractivity contribution in [2.75, 3.05) is 0 Å². The van der Waals surface area contributed by atoms with Crippen molar-refractivity contribution < 1.29 is 4.79 Å². The largest absolute Gasteiger partial charge is 0.347 e. The summed E-state index contributed by atoms with van der Waals surface area (Å²) in [5.74, 6) is 0.632. The smallest absolute Gasteiger partial charge is 0.268 e. The first kappa shape index (κ1) is 14.1. The second-order valence-corrected chi connectivity index (χ2v) is 5.15. The molecule has 2 heterocycles. The third kappa shape index (κ3) is 2.63. The first-order chi connectivity index (χ1) is 10.5. The lowest BCUT2D eigenvalue weighted by molar-refractivity contribution is 0.0945. The third-order valence-electron chi connectivity index (χ3n) is 3.63. The summed E-state index contributed by atoms with van der Waals surface area (Å²) >= 11 is 0. The van der Waals surface area contributed by atoms with Gasteiger partial charge in [0.15, 0.2) is 0 Å². The number of amides is 1. The monoisotopic (exact) mass is 296 g/mol. The molecule has 0 unspecified atom stereocenters. The van der Waals surface area contributed by atoms with Gasteiger partial charge in [-0.25, -0.2) is 4.98 Å². The minimum Gasteiger partial charge on any atom is -0.347 e. The van der Waals surface area contributed by atoms with Crippen LogP contribution in [0.3, 0.4) is 0 Å². The van der Waals surface area contributed by atoms with E-state index in [1.807, 2.05) is 36.7 Å². The molecule has 112 valence electrons. The van der Waals surface area contributed by atoms with Crippen molar-refractivity contribution in [1.82, 2.24) is 19.9 Å². The molecule has 1 aromatic carbocycles. The number of nitrogens with one attached hydrogen (secondary N) is 2. The van der Waals surface area contributed by atoms with Crippen LogP contribution in [-0.2, 0) is 13.6 Å². The SMILES string of the molecule is Cc1nc2cc(CNC(=O)c3cccc(=O)[nH]3)ccc2n1C. The number of rotatable bonds is 3. The van der Waals surface area contributed by atoms with E-state index in [2.05, 4.69) is 15.3 Å². The second-order valence-electron chi connectivity index (χ2n) is 5.15. The van der Waals surface area contributed by atoms with Crippen LogP contribution in [0.2, 0.25) is 0 Å². The highest BCUT2D eigenvalue weighted by atomic mass is 16.2. The van der Waals surface area contributed by atoms with Gasteiger partial charge in [-0.3, -0.25) is 9.59 Å². The van der Waals surface area contributed by atoms with Crippen LogP contribution in [0.15, 0.2) is 41.2 Å². The van der Waals surface area contributed by atoms with Gasteiger partial charge in [0.2, 0.25) is 5.56 Å². The number of carbonyl (C=O) groups excluding carboxylic acids is 1. The minimum absolute atomic E-state index is 0.252. The highest BCUT2D eigenvalue weighted by molar-refractivity contribution is 5.92. The van der Waals surface area contributed by atoms with Crippen LogP contribution in [-0.4, -0.2) is 20.4 Å². The summed E-state index contributed by atoms with van der Waals surface area (Å²) in [4.78, 5) is 30.2.